The van der Waals surface area contributed by atoms with Crippen molar-refractivity contribution in [3.63, 3.8) is 0 Å². The molecule has 0 spiro atoms. The number of rotatable bonds is 5. The van der Waals surface area contributed by atoms with Crippen LogP contribution in [0.5, 0.6) is 0 Å². The summed E-state index contributed by atoms with van der Waals surface area (Å²) in [6, 6.07) is 16.0. The summed E-state index contributed by atoms with van der Waals surface area (Å²) in [5.41, 5.74) is 2.92. The zero-order valence-electron chi connectivity index (χ0n) is 16.0. The fourth-order valence-corrected chi connectivity index (χ4v) is 4.53. The standard InChI is InChI=1S/C22H18N4O3S/c27-19(21-26-25-18(29-21)12-15-7-4-10-23-20(15)28)22-24-16-9-8-14(11-17(16)30-22)13-5-2-1-3-6-13/h1-3,5-6,8-9,11,15H,4,7,10,12H2,(H,23,28). The molecule has 0 aliphatic carbocycles. The molecule has 1 N–H and O–H groups in total. The number of carbonyl (C=O) groups excluding carboxylic acids is 2. The van der Waals surface area contributed by atoms with Gasteiger partial charge in [-0.05, 0) is 36.1 Å². The summed E-state index contributed by atoms with van der Waals surface area (Å²) in [6.45, 7) is 0.701. The van der Waals surface area contributed by atoms with Gasteiger partial charge in [0.25, 0.3) is 11.7 Å². The SMILES string of the molecule is O=C(c1nnc(CC2CCCNC2=O)o1)c1nc2ccc(-c3ccccc3)cc2s1. The molecule has 1 aliphatic heterocycles. The molecule has 4 aromatic rings. The van der Waals surface area contributed by atoms with E-state index in [1.165, 1.54) is 11.3 Å². The van der Waals surface area contributed by atoms with E-state index in [2.05, 4.69) is 20.5 Å². The van der Waals surface area contributed by atoms with Crippen LogP contribution in [-0.4, -0.2) is 33.4 Å². The maximum absolute atomic E-state index is 12.8. The molecule has 8 heteroatoms. The first kappa shape index (κ1) is 18.6. The van der Waals surface area contributed by atoms with Gasteiger partial charge in [-0.1, -0.05) is 36.4 Å². The van der Waals surface area contributed by atoms with E-state index in [0.29, 0.717) is 23.9 Å². The molecule has 1 atom stereocenters. The smallest absolute Gasteiger partial charge is 0.291 e. The van der Waals surface area contributed by atoms with Gasteiger partial charge in [0.1, 0.15) is 0 Å². The van der Waals surface area contributed by atoms with E-state index in [9.17, 15) is 9.59 Å². The molecule has 30 heavy (non-hydrogen) atoms. The zero-order valence-corrected chi connectivity index (χ0v) is 16.8. The maximum atomic E-state index is 12.8. The fraction of sp³-hybridized carbons (Fsp3) is 0.227. The molecule has 1 saturated heterocycles. The van der Waals surface area contributed by atoms with Gasteiger partial charge in [0, 0.05) is 18.9 Å². The molecule has 1 unspecified atom stereocenters. The van der Waals surface area contributed by atoms with Crippen molar-refractivity contribution in [3.8, 4) is 11.1 Å². The second-order valence-corrected chi connectivity index (χ2v) is 8.26. The number of thiazole rings is 1. The van der Waals surface area contributed by atoms with E-state index in [1.807, 2.05) is 48.5 Å². The van der Waals surface area contributed by atoms with Gasteiger partial charge in [0.2, 0.25) is 11.8 Å². The van der Waals surface area contributed by atoms with Crippen molar-refractivity contribution in [1.29, 1.82) is 0 Å². The number of fused-ring (bicyclic) bond motifs is 1. The number of nitrogens with zero attached hydrogens (tertiary/aromatic N) is 3. The lowest BCUT2D eigenvalue weighted by atomic mass is 9.95. The highest BCUT2D eigenvalue weighted by molar-refractivity contribution is 7.20. The average Bonchev–Trinajstić information content (AvgIpc) is 3.42. The zero-order chi connectivity index (χ0) is 20.5. The molecule has 5 rings (SSSR count). The molecule has 1 fully saturated rings. The van der Waals surface area contributed by atoms with Gasteiger partial charge in [0.15, 0.2) is 5.01 Å². The van der Waals surface area contributed by atoms with Crippen LogP contribution in [0.4, 0.5) is 0 Å². The van der Waals surface area contributed by atoms with Gasteiger partial charge in [-0.15, -0.1) is 21.5 Å². The minimum absolute atomic E-state index is 0.00674. The van der Waals surface area contributed by atoms with E-state index in [-0.39, 0.29) is 17.7 Å². The normalized spacial score (nSPS) is 16.5. The summed E-state index contributed by atoms with van der Waals surface area (Å²) in [5, 5.41) is 11.0. The van der Waals surface area contributed by atoms with Crippen LogP contribution in [0.15, 0.2) is 52.9 Å². The number of amides is 1. The first-order chi connectivity index (χ1) is 14.7. The molecule has 2 aromatic heterocycles. The molecule has 0 bridgehead atoms. The first-order valence-corrected chi connectivity index (χ1v) is 10.6. The van der Waals surface area contributed by atoms with Gasteiger partial charge in [-0.3, -0.25) is 9.59 Å². The van der Waals surface area contributed by atoms with E-state index >= 15 is 0 Å². The van der Waals surface area contributed by atoms with Crippen LogP contribution < -0.4 is 5.32 Å². The highest BCUT2D eigenvalue weighted by Crippen LogP contribution is 2.29. The number of carbonyl (C=O) groups is 2. The second-order valence-electron chi connectivity index (χ2n) is 7.23. The van der Waals surface area contributed by atoms with Crippen LogP contribution in [0.1, 0.15) is 34.4 Å². The van der Waals surface area contributed by atoms with Gasteiger partial charge in [0.05, 0.1) is 10.2 Å². The summed E-state index contributed by atoms with van der Waals surface area (Å²) in [6.07, 6.45) is 2.04. The van der Waals surface area contributed by atoms with Crippen molar-refractivity contribution in [2.24, 2.45) is 5.92 Å². The summed E-state index contributed by atoms with van der Waals surface area (Å²) in [4.78, 5) is 29.2. The lowest BCUT2D eigenvalue weighted by molar-refractivity contribution is -0.126. The van der Waals surface area contributed by atoms with Gasteiger partial charge >= 0.3 is 0 Å². The van der Waals surface area contributed by atoms with E-state index in [0.717, 1.165) is 34.2 Å². The highest BCUT2D eigenvalue weighted by atomic mass is 32.1. The predicted octanol–water partition coefficient (Wildman–Crippen LogP) is 3.65. The summed E-state index contributed by atoms with van der Waals surface area (Å²) in [7, 11) is 0. The largest absolute Gasteiger partial charge is 0.418 e. The summed E-state index contributed by atoms with van der Waals surface area (Å²) in [5.74, 6) is -0.394. The van der Waals surface area contributed by atoms with Crippen molar-refractivity contribution in [1.82, 2.24) is 20.5 Å². The number of nitrogens with one attached hydrogen (secondary N) is 1. The van der Waals surface area contributed by atoms with E-state index < -0.39 is 5.78 Å². The van der Waals surface area contributed by atoms with Gasteiger partial charge in [-0.25, -0.2) is 4.98 Å². The van der Waals surface area contributed by atoms with Crippen LogP contribution in [-0.2, 0) is 11.2 Å². The minimum Gasteiger partial charge on any atom is -0.418 e. The van der Waals surface area contributed by atoms with Crippen LogP contribution in [0, 0.1) is 5.92 Å². The number of hydrogen-bond donors (Lipinski definition) is 1. The number of benzene rings is 2. The van der Waals surface area contributed by atoms with Crippen LogP contribution in [0.3, 0.4) is 0 Å². The van der Waals surface area contributed by atoms with Crippen molar-refractivity contribution < 1.29 is 14.0 Å². The minimum atomic E-state index is -0.399. The van der Waals surface area contributed by atoms with Crippen LogP contribution in [0.2, 0.25) is 0 Å². The number of piperidine rings is 1. The van der Waals surface area contributed by atoms with Crippen molar-refractivity contribution >= 4 is 33.2 Å². The lowest BCUT2D eigenvalue weighted by Crippen LogP contribution is -2.37. The summed E-state index contributed by atoms with van der Waals surface area (Å²) < 4.78 is 6.47. The predicted molar refractivity (Wildman–Crippen MR) is 112 cm³/mol. The molecule has 7 nitrogen and oxygen atoms in total. The molecule has 0 saturated carbocycles. The van der Waals surface area contributed by atoms with Crippen molar-refractivity contribution in [3.05, 3.63) is 65.3 Å². The third-order valence-corrected chi connectivity index (χ3v) is 6.19. The Morgan fingerprint density at radius 1 is 1.13 bits per heavy atom. The molecule has 150 valence electrons. The molecular formula is C22H18N4O3S. The molecule has 0 radical (unpaired) electrons. The molecular weight excluding hydrogens is 400 g/mol. The molecule has 2 aromatic carbocycles. The average molecular weight is 418 g/mol. The van der Waals surface area contributed by atoms with E-state index in [4.69, 9.17) is 4.42 Å². The molecule has 1 aliphatic rings. The van der Waals surface area contributed by atoms with Gasteiger partial charge in [-0.2, -0.15) is 0 Å². The van der Waals surface area contributed by atoms with Crippen molar-refractivity contribution in [2.45, 2.75) is 19.3 Å². The molecule has 3 heterocycles. The topological polar surface area (TPSA) is 98.0 Å². The Labute approximate surface area is 176 Å². The Balaban J connectivity index is 1.37. The second kappa shape index (κ2) is 7.79. The number of ketones is 1. The Morgan fingerprint density at radius 3 is 2.83 bits per heavy atom. The monoisotopic (exact) mass is 418 g/mol. The van der Waals surface area contributed by atoms with Crippen LogP contribution >= 0.6 is 11.3 Å². The van der Waals surface area contributed by atoms with Gasteiger partial charge < -0.3 is 9.73 Å². The first-order valence-electron chi connectivity index (χ1n) is 9.78. The maximum Gasteiger partial charge on any atom is 0.291 e. The molecule has 1 amide bonds. The van der Waals surface area contributed by atoms with E-state index in [1.54, 1.807) is 0 Å². The highest BCUT2D eigenvalue weighted by Gasteiger charge is 2.26. The Bertz CT molecular complexity index is 1230. The van der Waals surface area contributed by atoms with Crippen molar-refractivity contribution in [2.75, 3.05) is 6.54 Å². The summed E-state index contributed by atoms with van der Waals surface area (Å²) >= 11 is 1.30. The van der Waals surface area contributed by atoms with Crippen LogP contribution in [0.25, 0.3) is 21.3 Å². The Morgan fingerprint density at radius 2 is 2.00 bits per heavy atom. The number of aromatic nitrogens is 3. The number of hydrogen-bond acceptors (Lipinski definition) is 7. The third kappa shape index (κ3) is 3.61. The lowest BCUT2D eigenvalue weighted by Gasteiger charge is -2.19. The quantitative estimate of drug-likeness (QED) is 0.497. The third-order valence-electron chi connectivity index (χ3n) is 5.17. The Hall–Kier alpha value is -3.39. The Kier molecular flexibility index (Phi) is 4.84. The fourth-order valence-electron chi connectivity index (χ4n) is 3.59.